The highest BCUT2D eigenvalue weighted by atomic mass is 16.3. The van der Waals surface area contributed by atoms with Crippen LogP contribution in [0, 0.1) is 0 Å². The first-order valence-electron chi connectivity index (χ1n) is 8.11. The smallest absolute Gasteiger partial charge is 0.328 e. The van der Waals surface area contributed by atoms with Gasteiger partial charge in [0.15, 0.2) is 12.2 Å². The maximum Gasteiger partial charge on any atom is 0.328 e. The van der Waals surface area contributed by atoms with Gasteiger partial charge in [-0.25, -0.2) is 9.79 Å². The van der Waals surface area contributed by atoms with E-state index >= 15 is 0 Å². The van der Waals surface area contributed by atoms with E-state index in [9.17, 15) is 14.4 Å². The molecule has 2 unspecified atom stereocenters. The first kappa shape index (κ1) is 17.0. The van der Waals surface area contributed by atoms with Crippen molar-refractivity contribution in [3.63, 3.8) is 0 Å². The normalized spacial score (nSPS) is 22.6. The number of hydrogen-bond acceptors (Lipinski definition) is 6. The third-order valence-corrected chi connectivity index (χ3v) is 4.44. The van der Waals surface area contributed by atoms with Crippen LogP contribution >= 0.6 is 0 Å². The van der Waals surface area contributed by atoms with Crippen LogP contribution in [0.15, 0.2) is 27.8 Å². The summed E-state index contributed by atoms with van der Waals surface area (Å²) in [6.07, 6.45) is 3.57. The fourth-order valence-corrected chi connectivity index (χ4v) is 3.01. The molecule has 2 aliphatic heterocycles. The van der Waals surface area contributed by atoms with Crippen molar-refractivity contribution in [3.05, 3.63) is 24.2 Å². The van der Waals surface area contributed by atoms with Gasteiger partial charge in [0.1, 0.15) is 5.76 Å². The lowest BCUT2D eigenvalue weighted by atomic mass is 10.1. The molecule has 0 bridgehead atoms. The summed E-state index contributed by atoms with van der Waals surface area (Å²) in [6, 6.07) is 2.69. The van der Waals surface area contributed by atoms with Gasteiger partial charge in [0.2, 0.25) is 5.91 Å². The Morgan fingerprint density at radius 1 is 1.36 bits per heavy atom. The van der Waals surface area contributed by atoms with E-state index in [2.05, 4.69) is 10.3 Å². The van der Waals surface area contributed by atoms with Crippen molar-refractivity contribution in [2.75, 3.05) is 20.6 Å². The summed E-state index contributed by atoms with van der Waals surface area (Å²) in [4.78, 5) is 44.8. The second-order valence-corrected chi connectivity index (χ2v) is 6.11. The number of carbonyl (C=O) groups is 3. The van der Waals surface area contributed by atoms with Gasteiger partial charge < -0.3 is 19.5 Å². The molecule has 0 spiro atoms. The summed E-state index contributed by atoms with van der Waals surface area (Å²) >= 11 is 0. The molecule has 9 heteroatoms. The molecular weight excluding hydrogens is 326 g/mol. The van der Waals surface area contributed by atoms with E-state index in [1.807, 2.05) is 0 Å². The highest BCUT2D eigenvalue weighted by Crippen LogP contribution is 2.24. The van der Waals surface area contributed by atoms with Crippen LogP contribution in [0.25, 0.3) is 0 Å². The zero-order valence-corrected chi connectivity index (χ0v) is 14.2. The van der Waals surface area contributed by atoms with Gasteiger partial charge >= 0.3 is 6.03 Å². The largest absolute Gasteiger partial charge is 0.467 e. The minimum atomic E-state index is -0.515. The number of amides is 4. The van der Waals surface area contributed by atoms with Gasteiger partial charge in [0.05, 0.1) is 19.1 Å². The molecule has 1 aromatic rings. The average Bonchev–Trinajstić information content (AvgIpc) is 3.26. The van der Waals surface area contributed by atoms with Crippen molar-refractivity contribution < 1.29 is 18.8 Å². The summed E-state index contributed by atoms with van der Waals surface area (Å²) in [5, 5.41) is 2.78. The van der Waals surface area contributed by atoms with Gasteiger partial charge in [0.25, 0.3) is 5.91 Å². The third-order valence-electron chi connectivity index (χ3n) is 4.44. The molecule has 9 nitrogen and oxygen atoms in total. The molecule has 0 saturated carbocycles. The van der Waals surface area contributed by atoms with Crippen molar-refractivity contribution >= 4 is 24.2 Å². The lowest BCUT2D eigenvalue weighted by Crippen LogP contribution is -2.63. The SMILES string of the molecule is CN1C(=O)C2C(N=CN2CCCC(=O)NCc2ccco2)N(C)C1=O. The highest BCUT2D eigenvalue weighted by Gasteiger charge is 2.48. The molecule has 4 amide bonds. The number of fused-ring (bicyclic) bond motifs is 1. The van der Waals surface area contributed by atoms with E-state index < -0.39 is 12.2 Å². The number of hydrogen-bond donors (Lipinski definition) is 1. The number of rotatable bonds is 6. The summed E-state index contributed by atoms with van der Waals surface area (Å²) in [6.45, 7) is 0.873. The maximum atomic E-state index is 12.4. The number of imide groups is 1. The number of urea groups is 1. The maximum absolute atomic E-state index is 12.4. The molecule has 2 aliphatic rings. The molecule has 25 heavy (non-hydrogen) atoms. The summed E-state index contributed by atoms with van der Waals surface area (Å²) < 4.78 is 5.15. The van der Waals surface area contributed by atoms with Gasteiger partial charge in [-0.05, 0) is 18.6 Å². The van der Waals surface area contributed by atoms with E-state index in [-0.39, 0.29) is 17.8 Å². The van der Waals surface area contributed by atoms with Crippen LogP contribution in [-0.4, -0.2) is 71.7 Å². The Bertz CT molecular complexity index is 687. The molecule has 1 N–H and O–H groups in total. The summed E-state index contributed by atoms with van der Waals surface area (Å²) in [5.41, 5.74) is 0. The van der Waals surface area contributed by atoms with Gasteiger partial charge in [-0.15, -0.1) is 0 Å². The van der Waals surface area contributed by atoms with E-state index in [0.29, 0.717) is 31.7 Å². The molecule has 1 fully saturated rings. The number of nitrogens with one attached hydrogen (secondary N) is 1. The average molecular weight is 347 g/mol. The monoisotopic (exact) mass is 347 g/mol. The lowest BCUT2D eigenvalue weighted by Gasteiger charge is -2.39. The van der Waals surface area contributed by atoms with Crippen LogP contribution in [0.5, 0.6) is 0 Å². The summed E-state index contributed by atoms with van der Waals surface area (Å²) in [5.74, 6) is 0.350. The molecule has 3 rings (SSSR count). The van der Waals surface area contributed by atoms with Crippen molar-refractivity contribution in [2.45, 2.75) is 31.6 Å². The Morgan fingerprint density at radius 3 is 2.88 bits per heavy atom. The molecule has 3 heterocycles. The second-order valence-electron chi connectivity index (χ2n) is 6.11. The van der Waals surface area contributed by atoms with Crippen molar-refractivity contribution in [2.24, 2.45) is 4.99 Å². The summed E-state index contributed by atoms with van der Waals surface area (Å²) in [7, 11) is 3.10. The van der Waals surface area contributed by atoms with Gasteiger partial charge in [0, 0.05) is 27.1 Å². The predicted octanol–water partition coefficient (Wildman–Crippen LogP) is 0.238. The standard InChI is InChI=1S/C16H21N5O4/c1-19-14-13(15(23)20(2)16(19)24)21(10-18-14)7-3-6-12(22)17-9-11-5-4-8-25-11/h4-5,8,10,13-14H,3,6-7,9H2,1-2H3,(H,17,22). The third kappa shape index (κ3) is 3.35. The number of nitrogens with zero attached hydrogens (tertiary/aromatic N) is 4. The van der Waals surface area contributed by atoms with Crippen LogP contribution in [0.3, 0.4) is 0 Å². The topological polar surface area (TPSA) is 98.5 Å². The molecule has 0 radical (unpaired) electrons. The Balaban J connectivity index is 1.47. The fourth-order valence-electron chi connectivity index (χ4n) is 3.01. The molecule has 134 valence electrons. The van der Waals surface area contributed by atoms with Crippen LogP contribution in [0.4, 0.5) is 4.79 Å². The van der Waals surface area contributed by atoms with Crippen LogP contribution in [0.1, 0.15) is 18.6 Å². The quantitative estimate of drug-likeness (QED) is 0.795. The van der Waals surface area contributed by atoms with E-state index in [0.717, 1.165) is 4.90 Å². The molecule has 0 aliphatic carbocycles. The number of furan rings is 1. The predicted molar refractivity (Wildman–Crippen MR) is 88.5 cm³/mol. The van der Waals surface area contributed by atoms with Gasteiger partial charge in [-0.2, -0.15) is 0 Å². The minimum absolute atomic E-state index is 0.0801. The minimum Gasteiger partial charge on any atom is -0.467 e. The Labute approximate surface area is 145 Å². The van der Waals surface area contributed by atoms with Gasteiger partial charge in [-0.1, -0.05) is 0 Å². The van der Waals surface area contributed by atoms with Gasteiger partial charge in [-0.3, -0.25) is 14.5 Å². The van der Waals surface area contributed by atoms with Crippen molar-refractivity contribution in [1.82, 2.24) is 20.0 Å². The number of likely N-dealkylation sites (N-methyl/N-ethyl adjacent to an activating group) is 2. The molecule has 0 aromatic carbocycles. The number of aliphatic imine (C=N–C) groups is 1. The molecule has 1 saturated heterocycles. The lowest BCUT2D eigenvalue weighted by molar-refractivity contribution is -0.136. The Kier molecular flexibility index (Phi) is 4.73. The first-order chi connectivity index (χ1) is 12.0. The Morgan fingerprint density at radius 2 is 2.16 bits per heavy atom. The molecular formula is C16H21N5O4. The highest BCUT2D eigenvalue weighted by molar-refractivity contribution is 6.01. The van der Waals surface area contributed by atoms with Crippen molar-refractivity contribution in [3.8, 4) is 0 Å². The zero-order valence-electron chi connectivity index (χ0n) is 14.2. The van der Waals surface area contributed by atoms with Crippen LogP contribution in [0.2, 0.25) is 0 Å². The number of carbonyl (C=O) groups excluding carboxylic acids is 3. The van der Waals surface area contributed by atoms with E-state index in [4.69, 9.17) is 4.42 Å². The molecule has 2 atom stereocenters. The second kappa shape index (κ2) is 6.96. The van der Waals surface area contributed by atoms with Crippen LogP contribution in [-0.2, 0) is 16.1 Å². The van der Waals surface area contributed by atoms with Crippen LogP contribution < -0.4 is 5.32 Å². The Hall–Kier alpha value is -2.84. The molecule has 1 aromatic heterocycles. The zero-order chi connectivity index (χ0) is 18.0. The first-order valence-corrected chi connectivity index (χ1v) is 8.11. The van der Waals surface area contributed by atoms with Crippen molar-refractivity contribution in [1.29, 1.82) is 0 Å². The fraction of sp³-hybridized carbons (Fsp3) is 0.500. The van der Waals surface area contributed by atoms with E-state index in [1.54, 1.807) is 36.7 Å². The van der Waals surface area contributed by atoms with E-state index in [1.165, 1.54) is 11.9 Å².